The normalized spacial score (nSPS) is 18.3. The lowest BCUT2D eigenvalue weighted by molar-refractivity contribution is 0.150. The Balaban J connectivity index is 1.40. The summed E-state index contributed by atoms with van der Waals surface area (Å²) in [4.78, 5) is 7.00. The van der Waals surface area contributed by atoms with Crippen LogP contribution in [0.4, 0.5) is 0 Å². The number of aromatic nitrogens is 5. The van der Waals surface area contributed by atoms with Crippen LogP contribution in [0.25, 0.3) is 5.82 Å². The molecule has 7 heteroatoms. The SMILES string of the molecule is NCc1cn(CC2CCCN(Cc3cccn3-c3ccccn3)C2)nn1. The summed E-state index contributed by atoms with van der Waals surface area (Å²) in [6.07, 6.45) is 8.33. The van der Waals surface area contributed by atoms with Crippen LogP contribution in [0.2, 0.25) is 0 Å². The summed E-state index contributed by atoms with van der Waals surface area (Å²) in [5, 5.41) is 8.28. The topological polar surface area (TPSA) is 77.8 Å². The summed E-state index contributed by atoms with van der Waals surface area (Å²) in [5.41, 5.74) is 7.75. The molecule has 1 aliphatic rings. The summed E-state index contributed by atoms with van der Waals surface area (Å²) < 4.78 is 4.11. The Kier molecular flexibility index (Phi) is 5.08. The molecule has 1 saturated heterocycles. The Morgan fingerprint density at radius 2 is 2.15 bits per heavy atom. The summed E-state index contributed by atoms with van der Waals surface area (Å²) in [6, 6.07) is 10.3. The molecule has 1 atom stereocenters. The third kappa shape index (κ3) is 3.84. The van der Waals surface area contributed by atoms with E-state index in [1.54, 1.807) is 0 Å². The van der Waals surface area contributed by atoms with Crippen molar-refractivity contribution < 1.29 is 0 Å². The van der Waals surface area contributed by atoms with E-state index in [-0.39, 0.29) is 0 Å². The van der Waals surface area contributed by atoms with E-state index < -0.39 is 0 Å². The number of nitrogens with two attached hydrogens (primary N) is 1. The minimum Gasteiger partial charge on any atom is -0.325 e. The molecule has 0 aromatic carbocycles. The summed E-state index contributed by atoms with van der Waals surface area (Å²) in [5.74, 6) is 1.56. The highest BCUT2D eigenvalue weighted by molar-refractivity contribution is 5.27. The van der Waals surface area contributed by atoms with Gasteiger partial charge in [-0.1, -0.05) is 11.3 Å². The Hall–Kier alpha value is -2.51. The molecule has 0 bridgehead atoms. The zero-order chi connectivity index (χ0) is 17.8. The molecule has 3 aromatic rings. The van der Waals surface area contributed by atoms with Gasteiger partial charge in [-0.05, 0) is 49.6 Å². The maximum atomic E-state index is 5.62. The number of hydrogen-bond acceptors (Lipinski definition) is 5. The smallest absolute Gasteiger partial charge is 0.136 e. The van der Waals surface area contributed by atoms with Gasteiger partial charge in [0.05, 0.1) is 5.69 Å². The van der Waals surface area contributed by atoms with Crippen molar-refractivity contribution in [3.05, 3.63) is 60.3 Å². The zero-order valence-electron chi connectivity index (χ0n) is 14.9. The van der Waals surface area contributed by atoms with Gasteiger partial charge in [-0.25, -0.2) is 4.98 Å². The average Bonchev–Trinajstić information content (AvgIpc) is 3.32. The van der Waals surface area contributed by atoms with Gasteiger partial charge in [0.25, 0.3) is 0 Å². The Morgan fingerprint density at radius 1 is 1.19 bits per heavy atom. The fourth-order valence-electron chi connectivity index (χ4n) is 3.72. The van der Waals surface area contributed by atoms with E-state index in [2.05, 4.69) is 43.1 Å². The number of nitrogens with zero attached hydrogens (tertiary/aromatic N) is 6. The number of hydrogen-bond donors (Lipinski definition) is 1. The predicted octanol–water partition coefficient (Wildman–Crippen LogP) is 1.83. The van der Waals surface area contributed by atoms with Gasteiger partial charge in [0.1, 0.15) is 5.82 Å². The van der Waals surface area contributed by atoms with E-state index >= 15 is 0 Å². The minimum absolute atomic E-state index is 0.446. The van der Waals surface area contributed by atoms with Gasteiger partial charge in [0.2, 0.25) is 0 Å². The van der Waals surface area contributed by atoms with Crippen LogP contribution in [0.15, 0.2) is 48.9 Å². The molecular formula is C19H25N7. The predicted molar refractivity (Wildman–Crippen MR) is 99.5 cm³/mol. The molecule has 0 radical (unpaired) electrons. The van der Waals surface area contributed by atoms with Gasteiger partial charge in [0, 0.05) is 50.5 Å². The number of piperidine rings is 1. The fourth-order valence-corrected chi connectivity index (χ4v) is 3.72. The first-order chi connectivity index (χ1) is 12.8. The van der Waals surface area contributed by atoms with Gasteiger partial charge >= 0.3 is 0 Å². The summed E-state index contributed by atoms with van der Waals surface area (Å²) in [7, 11) is 0. The van der Waals surface area contributed by atoms with Crippen molar-refractivity contribution in [1.82, 2.24) is 29.4 Å². The molecule has 0 amide bonds. The van der Waals surface area contributed by atoms with E-state index in [1.807, 2.05) is 35.3 Å². The molecule has 1 fully saturated rings. The Bertz CT molecular complexity index is 823. The molecule has 4 heterocycles. The van der Waals surface area contributed by atoms with Crippen molar-refractivity contribution in [3.63, 3.8) is 0 Å². The van der Waals surface area contributed by atoms with E-state index in [0.29, 0.717) is 12.5 Å². The highest BCUT2D eigenvalue weighted by Gasteiger charge is 2.21. The first kappa shape index (κ1) is 16.9. The van der Waals surface area contributed by atoms with Gasteiger partial charge in [-0.3, -0.25) is 9.58 Å². The largest absolute Gasteiger partial charge is 0.325 e. The van der Waals surface area contributed by atoms with E-state index in [0.717, 1.165) is 37.7 Å². The maximum absolute atomic E-state index is 5.62. The first-order valence-electron chi connectivity index (χ1n) is 9.21. The van der Waals surface area contributed by atoms with Crippen molar-refractivity contribution in [1.29, 1.82) is 0 Å². The molecule has 136 valence electrons. The highest BCUT2D eigenvalue weighted by Crippen LogP contribution is 2.21. The van der Waals surface area contributed by atoms with E-state index in [1.165, 1.54) is 18.5 Å². The van der Waals surface area contributed by atoms with E-state index in [4.69, 9.17) is 5.73 Å². The van der Waals surface area contributed by atoms with Gasteiger partial charge in [0.15, 0.2) is 0 Å². The van der Waals surface area contributed by atoms with Gasteiger partial charge in [-0.15, -0.1) is 5.10 Å². The fraction of sp³-hybridized carbons (Fsp3) is 0.421. The van der Waals surface area contributed by atoms with Crippen LogP contribution in [0.3, 0.4) is 0 Å². The molecule has 1 unspecified atom stereocenters. The van der Waals surface area contributed by atoms with Gasteiger partial charge in [-0.2, -0.15) is 0 Å². The molecule has 0 saturated carbocycles. The van der Waals surface area contributed by atoms with Crippen molar-refractivity contribution >= 4 is 0 Å². The van der Waals surface area contributed by atoms with Crippen LogP contribution < -0.4 is 5.73 Å². The monoisotopic (exact) mass is 351 g/mol. The molecule has 7 nitrogen and oxygen atoms in total. The molecule has 4 rings (SSSR count). The van der Waals surface area contributed by atoms with Crippen molar-refractivity contribution in [3.8, 4) is 5.82 Å². The maximum Gasteiger partial charge on any atom is 0.136 e. The lowest BCUT2D eigenvalue weighted by atomic mass is 9.98. The third-order valence-electron chi connectivity index (χ3n) is 4.96. The van der Waals surface area contributed by atoms with E-state index in [9.17, 15) is 0 Å². The Labute approximate surface area is 153 Å². The molecular weight excluding hydrogens is 326 g/mol. The third-order valence-corrected chi connectivity index (χ3v) is 4.96. The lowest BCUT2D eigenvalue weighted by Crippen LogP contribution is -2.37. The molecule has 0 spiro atoms. The van der Waals surface area contributed by atoms with Crippen molar-refractivity contribution in [2.75, 3.05) is 13.1 Å². The van der Waals surface area contributed by atoms with Crippen LogP contribution in [0, 0.1) is 5.92 Å². The highest BCUT2D eigenvalue weighted by atomic mass is 15.4. The molecule has 0 aliphatic carbocycles. The average molecular weight is 351 g/mol. The first-order valence-corrected chi connectivity index (χ1v) is 9.21. The second kappa shape index (κ2) is 7.80. The van der Waals surface area contributed by atoms with Crippen LogP contribution in [-0.4, -0.2) is 42.5 Å². The zero-order valence-corrected chi connectivity index (χ0v) is 14.9. The Morgan fingerprint density at radius 3 is 2.96 bits per heavy atom. The summed E-state index contributed by atoms with van der Waals surface area (Å²) >= 11 is 0. The standard InChI is InChI=1S/C19H25N7/c20-11-17-14-25(23-22-17)13-16-5-3-9-24(12-16)15-18-6-4-10-26(18)19-7-1-2-8-21-19/h1-2,4,6-8,10,14,16H,3,5,9,11-13,15,20H2. The quantitative estimate of drug-likeness (QED) is 0.733. The molecule has 1 aliphatic heterocycles. The second-order valence-corrected chi connectivity index (χ2v) is 6.94. The minimum atomic E-state index is 0.446. The van der Waals surface area contributed by atoms with Crippen molar-refractivity contribution in [2.24, 2.45) is 11.7 Å². The summed E-state index contributed by atoms with van der Waals surface area (Å²) in [6.45, 7) is 4.50. The van der Waals surface area contributed by atoms with Crippen LogP contribution in [-0.2, 0) is 19.6 Å². The molecule has 2 N–H and O–H groups in total. The lowest BCUT2D eigenvalue weighted by Gasteiger charge is -2.32. The van der Waals surface area contributed by atoms with Crippen LogP contribution in [0.5, 0.6) is 0 Å². The number of pyridine rings is 1. The van der Waals surface area contributed by atoms with Crippen LogP contribution >= 0.6 is 0 Å². The van der Waals surface area contributed by atoms with Crippen molar-refractivity contribution in [2.45, 2.75) is 32.5 Å². The molecule has 3 aromatic heterocycles. The van der Waals surface area contributed by atoms with Crippen LogP contribution in [0.1, 0.15) is 24.2 Å². The second-order valence-electron chi connectivity index (χ2n) is 6.94. The number of rotatable bonds is 6. The van der Waals surface area contributed by atoms with Gasteiger partial charge < -0.3 is 10.3 Å². The molecule has 26 heavy (non-hydrogen) atoms. The number of likely N-dealkylation sites (tertiary alicyclic amines) is 1.